The highest BCUT2D eigenvalue weighted by Crippen LogP contribution is 2.02. The van der Waals surface area contributed by atoms with Gasteiger partial charge < -0.3 is 15.9 Å². The van der Waals surface area contributed by atoms with Gasteiger partial charge in [-0.15, -0.1) is 0 Å². The number of hydroxylamine groups is 1. The van der Waals surface area contributed by atoms with E-state index in [1.165, 1.54) is 0 Å². The average Bonchev–Trinajstić information content (AvgIpc) is 2.21. The molecular formula is C10H21N3O2. The van der Waals surface area contributed by atoms with Crippen LogP contribution in [0.15, 0.2) is 11.1 Å². The van der Waals surface area contributed by atoms with E-state index in [1.54, 1.807) is 6.92 Å². The fourth-order valence-corrected chi connectivity index (χ4v) is 0.764. The van der Waals surface area contributed by atoms with E-state index in [0.717, 1.165) is 18.7 Å². The van der Waals surface area contributed by atoms with E-state index in [4.69, 9.17) is 10.6 Å². The molecule has 0 atom stereocenters. The molecule has 0 bridgehead atoms. The molecule has 0 saturated carbocycles. The zero-order valence-electron chi connectivity index (χ0n) is 9.72. The van der Waals surface area contributed by atoms with Gasteiger partial charge in [-0.25, -0.2) is 4.79 Å². The molecule has 4 N–H and O–H groups in total. The molecule has 0 saturated heterocycles. The summed E-state index contributed by atoms with van der Waals surface area (Å²) in [6.07, 6.45) is 0. The number of carbonyl (C=O) groups is 1. The summed E-state index contributed by atoms with van der Waals surface area (Å²) >= 11 is 0. The van der Waals surface area contributed by atoms with Crippen molar-refractivity contribution >= 4 is 5.97 Å². The minimum absolute atomic E-state index is 0.325. The molecule has 0 amide bonds. The molecule has 0 radical (unpaired) electrons. The van der Waals surface area contributed by atoms with E-state index in [2.05, 4.69) is 10.8 Å². The lowest BCUT2D eigenvalue weighted by atomic mass is 10.2. The van der Waals surface area contributed by atoms with Crippen LogP contribution in [0.2, 0.25) is 0 Å². The molecule has 0 spiro atoms. The maximum Gasteiger partial charge on any atom is 0.352 e. The Balaban J connectivity index is 3.52. The van der Waals surface area contributed by atoms with Crippen LogP contribution in [0.1, 0.15) is 20.8 Å². The number of nitrogens with one attached hydrogen (secondary N) is 2. The third-order valence-electron chi connectivity index (χ3n) is 1.95. The first-order chi connectivity index (χ1) is 7.09. The van der Waals surface area contributed by atoms with Crippen molar-refractivity contribution in [2.24, 2.45) is 5.73 Å². The minimum Gasteiger partial charge on any atom is -0.367 e. The second kappa shape index (κ2) is 8.40. The molecule has 0 aliphatic carbocycles. The first kappa shape index (κ1) is 14.1. The number of rotatable bonds is 7. The van der Waals surface area contributed by atoms with E-state index in [1.807, 2.05) is 13.8 Å². The zero-order chi connectivity index (χ0) is 11.7. The van der Waals surface area contributed by atoms with Crippen molar-refractivity contribution in [1.29, 1.82) is 0 Å². The van der Waals surface area contributed by atoms with Gasteiger partial charge in [0.05, 0.1) is 0 Å². The van der Waals surface area contributed by atoms with Crippen LogP contribution in [0.4, 0.5) is 0 Å². The molecule has 0 aromatic rings. The van der Waals surface area contributed by atoms with Crippen LogP contribution in [-0.2, 0) is 9.63 Å². The Labute approximate surface area is 91.0 Å². The summed E-state index contributed by atoms with van der Waals surface area (Å²) in [5.74, 6) is -0.325. The predicted molar refractivity (Wildman–Crippen MR) is 60.1 cm³/mol. The van der Waals surface area contributed by atoms with Crippen molar-refractivity contribution in [2.75, 3.05) is 26.2 Å². The molecule has 5 nitrogen and oxygen atoms in total. The van der Waals surface area contributed by atoms with Crippen LogP contribution >= 0.6 is 0 Å². The van der Waals surface area contributed by atoms with E-state index in [9.17, 15) is 4.79 Å². The number of carbonyl (C=O) groups excluding carboxylic acids is 1. The van der Waals surface area contributed by atoms with E-state index in [0.29, 0.717) is 18.7 Å². The lowest BCUT2D eigenvalue weighted by Crippen LogP contribution is -2.32. The van der Waals surface area contributed by atoms with E-state index < -0.39 is 0 Å². The number of hydrogen-bond acceptors (Lipinski definition) is 5. The molecule has 0 heterocycles. The Morgan fingerprint density at radius 3 is 2.40 bits per heavy atom. The molecular weight excluding hydrogens is 194 g/mol. The predicted octanol–water partition coefficient (Wildman–Crippen LogP) is -0.0612. The van der Waals surface area contributed by atoms with Gasteiger partial charge in [-0.1, -0.05) is 5.57 Å². The summed E-state index contributed by atoms with van der Waals surface area (Å²) < 4.78 is 0. The molecule has 5 heteroatoms. The molecule has 0 aromatic heterocycles. The largest absolute Gasteiger partial charge is 0.367 e. The highest BCUT2D eigenvalue weighted by Gasteiger charge is 2.06. The second-order valence-corrected chi connectivity index (χ2v) is 3.45. The molecule has 0 aliphatic heterocycles. The van der Waals surface area contributed by atoms with Crippen molar-refractivity contribution in [3.63, 3.8) is 0 Å². The van der Waals surface area contributed by atoms with Crippen molar-refractivity contribution in [2.45, 2.75) is 20.8 Å². The molecule has 15 heavy (non-hydrogen) atoms. The lowest BCUT2D eigenvalue weighted by molar-refractivity contribution is -0.146. The summed E-state index contributed by atoms with van der Waals surface area (Å²) in [5.41, 5.74) is 9.48. The van der Waals surface area contributed by atoms with E-state index >= 15 is 0 Å². The van der Waals surface area contributed by atoms with Crippen LogP contribution in [0.25, 0.3) is 0 Å². The van der Waals surface area contributed by atoms with Gasteiger partial charge >= 0.3 is 5.97 Å². The maximum absolute atomic E-state index is 11.3. The minimum atomic E-state index is -0.325. The Morgan fingerprint density at radius 1 is 1.20 bits per heavy atom. The number of nitrogens with two attached hydrogens (primary N) is 1. The van der Waals surface area contributed by atoms with E-state index in [-0.39, 0.29) is 5.97 Å². The van der Waals surface area contributed by atoms with Crippen LogP contribution in [0, 0.1) is 0 Å². The Bertz CT molecular complexity index is 223. The van der Waals surface area contributed by atoms with Crippen molar-refractivity contribution in [3.8, 4) is 0 Å². The Kier molecular flexibility index (Phi) is 7.89. The molecule has 0 aliphatic rings. The van der Waals surface area contributed by atoms with Crippen LogP contribution < -0.4 is 16.5 Å². The van der Waals surface area contributed by atoms with Crippen LogP contribution in [0.3, 0.4) is 0 Å². The zero-order valence-corrected chi connectivity index (χ0v) is 9.72. The van der Waals surface area contributed by atoms with Gasteiger partial charge in [-0.2, -0.15) is 5.48 Å². The monoisotopic (exact) mass is 215 g/mol. The van der Waals surface area contributed by atoms with Gasteiger partial charge in [0, 0.05) is 31.8 Å². The molecule has 0 unspecified atom stereocenters. The van der Waals surface area contributed by atoms with Gasteiger partial charge in [-0.05, 0) is 20.8 Å². The van der Waals surface area contributed by atoms with Gasteiger partial charge in [0.25, 0.3) is 0 Å². The molecule has 0 rings (SSSR count). The van der Waals surface area contributed by atoms with Crippen LogP contribution in [-0.4, -0.2) is 32.1 Å². The summed E-state index contributed by atoms with van der Waals surface area (Å²) in [5, 5.41) is 3.07. The number of hydrogen-bond donors (Lipinski definition) is 3. The summed E-state index contributed by atoms with van der Waals surface area (Å²) in [7, 11) is 0. The highest BCUT2D eigenvalue weighted by atomic mass is 16.7. The SMILES string of the molecule is CC(C)=C(C)C(=O)ONCCNCCN. The summed E-state index contributed by atoms with van der Waals surface area (Å²) in [4.78, 5) is 16.1. The fourth-order valence-electron chi connectivity index (χ4n) is 0.764. The smallest absolute Gasteiger partial charge is 0.352 e. The third-order valence-corrected chi connectivity index (χ3v) is 1.95. The van der Waals surface area contributed by atoms with Gasteiger partial charge in [0.15, 0.2) is 0 Å². The van der Waals surface area contributed by atoms with Gasteiger partial charge in [-0.3, -0.25) is 0 Å². The highest BCUT2D eigenvalue weighted by molar-refractivity contribution is 5.88. The van der Waals surface area contributed by atoms with Crippen molar-refractivity contribution in [1.82, 2.24) is 10.8 Å². The quantitative estimate of drug-likeness (QED) is 0.315. The fraction of sp³-hybridized carbons (Fsp3) is 0.700. The molecule has 0 fully saturated rings. The summed E-state index contributed by atoms with van der Waals surface area (Å²) in [6, 6.07) is 0. The molecule has 88 valence electrons. The Morgan fingerprint density at radius 2 is 1.87 bits per heavy atom. The average molecular weight is 215 g/mol. The normalized spacial score (nSPS) is 9.87. The lowest BCUT2D eigenvalue weighted by Gasteiger charge is -2.07. The summed E-state index contributed by atoms with van der Waals surface area (Å²) in [6.45, 7) is 8.16. The topological polar surface area (TPSA) is 76.4 Å². The first-order valence-corrected chi connectivity index (χ1v) is 5.08. The molecule has 0 aromatic carbocycles. The standard InChI is InChI=1S/C10H21N3O2/c1-8(2)9(3)10(14)15-13-7-6-12-5-4-11/h12-13H,4-7,11H2,1-3H3. The van der Waals surface area contributed by atoms with Crippen molar-refractivity contribution in [3.05, 3.63) is 11.1 Å². The van der Waals surface area contributed by atoms with Crippen molar-refractivity contribution < 1.29 is 9.63 Å². The first-order valence-electron chi connectivity index (χ1n) is 5.08. The maximum atomic E-state index is 11.3. The third kappa shape index (κ3) is 7.07. The second-order valence-electron chi connectivity index (χ2n) is 3.45. The van der Waals surface area contributed by atoms with Gasteiger partial charge in [0.2, 0.25) is 0 Å². The number of allylic oxidation sites excluding steroid dienone is 1. The Hall–Kier alpha value is -0.910. The van der Waals surface area contributed by atoms with Crippen LogP contribution in [0.5, 0.6) is 0 Å². The van der Waals surface area contributed by atoms with Gasteiger partial charge in [0.1, 0.15) is 0 Å².